The molecule has 3 aromatic rings. The first-order valence-electron chi connectivity index (χ1n) is 8.44. The number of rotatable bonds is 5. The van der Waals surface area contributed by atoms with Gasteiger partial charge in [0.2, 0.25) is 10.0 Å². The van der Waals surface area contributed by atoms with Crippen LogP contribution in [0, 0.1) is 12.7 Å². The summed E-state index contributed by atoms with van der Waals surface area (Å²) in [6, 6.07) is 6.21. The molecular formula is C18H15Cl2FN4O2S. The summed E-state index contributed by atoms with van der Waals surface area (Å²) in [5, 5.41) is 3.52. The Kier molecular flexibility index (Phi) is 4.81. The van der Waals surface area contributed by atoms with Crippen LogP contribution in [0.25, 0.3) is 10.9 Å². The Labute approximate surface area is 171 Å². The van der Waals surface area contributed by atoms with Gasteiger partial charge in [-0.3, -0.25) is 4.72 Å². The van der Waals surface area contributed by atoms with Gasteiger partial charge in [0.25, 0.3) is 0 Å². The van der Waals surface area contributed by atoms with Crippen molar-refractivity contribution in [2.75, 3.05) is 10.0 Å². The molecule has 0 bridgehead atoms. The minimum atomic E-state index is -3.62. The largest absolute Gasteiger partial charge is 0.350 e. The van der Waals surface area contributed by atoms with Crippen LogP contribution in [0.5, 0.6) is 0 Å². The lowest BCUT2D eigenvalue weighted by atomic mass is 10.1. The fourth-order valence-corrected chi connectivity index (χ4v) is 4.67. The second-order valence-electron chi connectivity index (χ2n) is 6.56. The van der Waals surface area contributed by atoms with E-state index < -0.39 is 21.1 Å². The monoisotopic (exact) mass is 440 g/mol. The van der Waals surface area contributed by atoms with Crippen LogP contribution >= 0.6 is 23.2 Å². The van der Waals surface area contributed by atoms with E-state index in [1.54, 1.807) is 19.1 Å². The number of hydrogen-bond acceptors (Lipinski definition) is 5. The third-order valence-electron chi connectivity index (χ3n) is 4.47. The van der Waals surface area contributed by atoms with Gasteiger partial charge in [0, 0.05) is 16.1 Å². The summed E-state index contributed by atoms with van der Waals surface area (Å²) in [5.74, 6) is -0.706. The summed E-state index contributed by atoms with van der Waals surface area (Å²) in [6.07, 6.45) is 2.42. The van der Waals surface area contributed by atoms with Crippen molar-refractivity contribution in [2.45, 2.75) is 25.0 Å². The predicted molar refractivity (Wildman–Crippen MR) is 110 cm³/mol. The Bertz CT molecular complexity index is 1200. The van der Waals surface area contributed by atoms with E-state index >= 15 is 4.39 Å². The first-order valence-corrected chi connectivity index (χ1v) is 10.7. The van der Waals surface area contributed by atoms with Crippen LogP contribution < -0.4 is 10.0 Å². The maximum Gasteiger partial charge on any atom is 0.235 e. The maximum atomic E-state index is 15.3. The number of aromatic nitrogens is 2. The highest BCUT2D eigenvalue weighted by Crippen LogP contribution is 2.39. The Hall–Kier alpha value is -2.16. The normalized spacial score (nSPS) is 14.3. The second-order valence-corrected chi connectivity index (χ2v) is 9.37. The molecule has 2 N–H and O–H groups in total. The van der Waals surface area contributed by atoms with Crippen molar-refractivity contribution in [3.05, 3.63) is 52.1 Å². The van der Waals surface area contributed by atoms with Crippen molar-refractivity contribution in [2.24, 2.45) is 0 Å². The van der Waals surface area contributed by atoms with Crippen molar-refractivity contribution in [3.8, 4) is 0 Å². The molecule has 146 valence electrons. The van der Waals surface area contributed by atoms with Crippen LogP contribution in [0.3, 0.4) is 0 Å². The summed E-state index contributed by atoms with van der Waals surface area (Å²) in [6.45, 7) is 1.70. The van der Waals surface area contributed by atoms with Crippen molar-refractivity contribution in [3.63, 3.8) is 0 Å². The number of halogens is 3. The number of aryl methyl sites for hydroxylation is 1. The Balaban J connectivity index is 1.88. The summed E-state index contributed by atoms with van der Waals surface area (Å²) in [4.78, 5) is 8.07. The molecule has 0 atom stereocenters. The van der Waals surface area contributed by atoms with Crippen molar-refractivity contribution in [1.82, 2.24) is 9.97 Å². The number of hydrogen-bond donors (Lipinski definition) is 2. The smallest absolute Gasteiger partial charge is 0.235 e. The molecule has 1 saturated carbocycles. The topological polar surface area (TPSA) is 84.0 Å². The molecule has 0 spiro atoms. The molecule has 1 aliphatic rings. The molecule has 10 heteroatoms. The maximum absolute atomic E-state index is 15.3. The minimum Gasteiger partial charge on any atom is -0.350 e. The molecule has 1 heterocycles. The van der Waals surface area contributed by atoms with Gasteiger partial charge in [0.15, 0.2) is 5.82 Å². The number of sulfonamides is 1. The van der Waals surface area contributed by atoms with Crippen LogP contribution in [0.15, 0.2) is 30.6 Å². The molecule has 6 nitrogen and oxygen atoms in total. The molecule has 1 aliphatic carbocycles. The highest BCUT2D eigenvalue weighted by Gasteiger charge is 2.36. The van der Waals surface area contributed by atoms with Gasteiger partial charge in [-0.25, -0.2) is 22.8 Å². The number of nitrogens with zero attached hydrogens (tertiary/aromatic N) is 2. The lowest BCUT2D eigenvalue weighted by Crippen LogP contribution is -2.18. The van der Waals surface area contributed by atoms with Crippen LogP contribution in [-0.2, 0) is 10.0 Å². The molecule has 0 aliphatic heterocycles. The fourth-order valence-electron chi connectivity index (χ4n) is 2.83. The molecule has 0 saturated heterocycles. The molecule has 4 rings (SSSR count). The van der Waals surface area contributed by atoms with Gasteiger partial charge in [-0.1, -0.05) is 23.2 Å². The van der Waals surface area contributed by atoms with Crippen LogP contribution in [0.1, 0.15) is 18.5 Å². The van der Waals surface area contributed by atoms with E-state index in [4.69, 9.17) is 23.2 Å². The van der Waals surface area contributed by atoms with Crippen molar-refractivity contribution < 1.29 is 12.8 Å². The second kappa shape index (κ2) is 7.02. The van der Waals surface area contributed by atoms with Crippen LogP contribution in [-0.4, -0.2) is 23.6 Å². The highest BCUT2D eigenvalue weighted by molar-refractivity contribution is 7.93. The van der Waals surface area contributed by atoms with Gasteiger partial charge in [0.1, 0.15) is 17.5 Å². The predicted octanol–water partition coefficient (Wildman–Crippen LogP) is 5.03. The number of fused-ring (bicyclic) bond motifs is 1. The zero-order valence-electron chi connectivity index (χ0n) is 14.6. The molecule has 2 aromatic carbocycles. The van der Waals surface area contributed by atoms with Crippen LogP contribution in [0.2, 0.25) is 10.0 Å². The van der Waals surface area contributed by atoms with Crippen LogP contribution in [0.4, 0.5) is 21.5 Å². The van der Waals surface area contributed by atoms with E-state index in [-0.39, 0.29) is 21.9 Å². The molecule has 1 aromatic heterocycles. The Morgan fingerprint density at radius 2 is 1.89 bits per heavy atom. The van der Waals surface area contributed by atoms with Gasteiger partial charge in [0.05, 0.1) is 21.6 Å². The summed E-state index contributed by atoms with van der Waals surface area (Å²) in [7, 11) is -3.62. The number of benzene rings is 2. The fraction of sp³-hybridized carbons (Fsp3) is 0.222. The van der Waals surface area contributed by atoms with Gasteiger partial charge in [-0.15, -0.1) is 0 Å². The molecule has 0 unspecified atom stereocenters. The molecule has 0 amide bonds. The van der Waals surface area contributed by atoms with Gasteiger partial charge in [-0.05, 0) is 44.0 Å². The van der Waals surface area contributed by atoms with Crippen molar-refractivity contribution >= 4 is 61.2 Å². The third-order valence-corrected chi connectivity index (χ3v) is 6.88. The minimum absolute atomic E-state index is 0.0702. The quantitative estimate of drug-likeness (QED) is 0.580. The number of anilines is 3. The molecule has 1 fully saturated rings. The Morgan fingerprint density at radius 1 is 1.14 bits per heavy atom. The summed E-state index contributed by atoms with van der Waals surface area (Å²) in [5.41, 5.74) is 0.989. The summed E-state index contributed by atoms with van der Waals surface area (Å²) >= 11 is 12.1. The SMILES string of the molecule is Cc1ncnc2c(F)c(Nc3ccc(Cl)cc3Cl)c(NS(=O)(=O)C3CC3)cc12. The van der Waals surface area contributed by atoms with E-state index in [0.29, 0.717) is 34.6 Å². The zero-order valence-corrected chi connectivity index (χ0v) is 17.0. The Morgan fingerprint density at radius 3 is 2.57 bits per heavy atom. The lowest BCUT2D eigenvalue weighted by Gasteiger charge is -2.17. The highest BCUT2D eigenvalue weighted by atomic mass is 35.5. The van der Waals surface area contributed by atoms with E-state index in [1.807, 2.05) is 0 Å². The number of nitrogens with one attached hydrogen (secondary N) is 2. The van der Waals surface area contributed by atoms with Gasteiger partial charge >= 0.3 is 0 Å². The first-order chi connectivity index (χ1) is 13.3. The van der Waals surface area contributed by atoms with E-state index in [0.717, 1.165) is 0 Å². The third kappa shape index (κ3) is 3.59. The molecule has 28 heavy (non-hydrogen) atoms. The van der Waals surface area contributed by atoms with E-state index in [9.17, 15) is 8.42 Å². The van der Waals surface area contributed by atoms with E-state index in [2.05, 4.69) is 20.0 Å². The lowest BCUT2D eigenvalue weighted by molar-refractivity contribution is 0.600. The average molecular weight is 441 g/mol. The van der Waals surface area contributed by atoms with E-state index in [1.165, 1.54) is 18.5 Å². The zero-order chi connectivity index (χ0) is 20.1. The first kappa shape index (κ1) is 19.2. The summed E-state index contributed by atoms with van der Waals surface area (Å²) < 4.78 is 42.8. The van der Waals surface area contributed by atoms with Gasteiger partial charge < -0.3 is 5.32 Å². The van der Waals surface area contributed by atoms with Crippen molar-refractivity contribution in [1.29, 1.82) is 0 Å². The standard InChI is InChI=1S/C18H15Cl2FN4O2S/c1-9-12-7-15(25-28(26,27)11-3-4-11)18(16(21)17(12)23-8-22-9)24-14-5-2-10(19)6-13(14)20/h2,5-8,11,24-25H,3-4H2,1H3. The van der Waals surface area contributed by atoms with Gasteiger partial charge in [-0.2, -0.15) is 0 Å². The average Bonchev–Trinajstić information content (AvgIpc) is 3.46. The molecule has 0 radical (unpaired) electrons. The molecular weight excluding hydrogens is 426 g/mol.